The van der Waals surface area contributed by atoms with Crippen LogP contribution in [-0.4, -0.2) is 24.5 Å². The van der Waals surface area contributed by atoms with Crippen molar-refractivity contribution in [1.82, 2.24) is 24.5 Å². The topological polar surface area (TPSA) is 83.8 Å². The Hall–Kier alpha value is -3.61. The van der Waals surface area contributed by atoms with E-state index >= 15 is 0 Å². The fourth-order valence-corrected chi connectivity index (χ4v) is 4.96. The largest absolute Gasteiger partial charge is 0.482 e. The summed E-state index contributed by atoms with van der Waals surface area (Å²) in [4.78, 5) is 4.51. The van der Waals surface area contributed by atoms with Crippen molar-refractivity contribution in [1.29, 1.82) is 0 Å². The minimum Gasteiger partial charge on any atom is -0.482 e. The van der Waals surface area contributed by atoms with E-state index in [1.165, 1.54) is 16.7 Å². The molecule has 0 saturated carbocycles. The van der Waals surface area contributed by atoms with Crippen molar-refractivity contribution in [2.45, 2.75) is 59.6 Å². The van der Waals surface area contributed by atoms with Crippen LogP contribution in [0.1, 0.15) is 67.7 Å². The number of fused-ring (bicyclic) bond motifs is 7. The molecule has 1 aliphatic heterocycles. The van der Waals surface area contributed by atoms with E-state index in [4.69, 9.17) is 20.7 Å². The van der Waals surface area contributed by atoms with E-state index in [1.807, 2.05) is 24.0 Å². The second-order valence-corrected chi connectivity index (χ2v) is 9.49. The van der Waals surface area contributed by atoms with Crippen molar-refractivity contribution in [3.8, 4) is 28.3 Å². The van der Waals surface area contributed by atoms with Gasteiger partial charge >= 0.3 is 0 Å². The van der Waals surface area contributed by atoms with E-state index in [1.54, 1.807) is 0 Å². The molecule has 2 N–H and O–H groups in total. The molecule has 0 aliphatic carbocycles. The molecule has 0 fully saturated rings. The zero-order valence-electron chi connectivity index (χ0n) is 20.8. The summed E-state index contributed by atoms with van der Waals surface area (Å²) in [6.45, 7) is 11.4. The Morgan fingerprint density at radius 3 is 2.74 bits per heavy atom. The summed E-state index contributed by atoms with van der Waals surface area (Å²) >= 11 is 0. The number of anilines is 1. The molecule has 0 saturated heterocycles. The third kappa shape index (κ3) is 3.65. The maximum atomic E-state index is 6.45. The zero-order chi connectivity index (χ0) is 24.1. The van der Waals surface area contributed by atoms with Crippen molar-refractivity contribution in [3.63, 3.8) is 0 Å². The molecule has 0 unspecified atom stereocenters. The Labute approximate surface area is 200 Å². The summed E-state index contributed by atoms with van der Waals surface area (Å²) in [5.74, 6) is 1.25. The molecule has 7 heteroatoms. The molecule has 1 atom stereocenters. The highest BCUT2D eigenvalue weighted by molar-refractivity contribution is 5.72. The minimum atomic E-state index is -0.231. The summed E-state index contributed by atoms with van der Waals surface area (Å²) in [6, 6.07) is 8.47. The second-order valence-electron chi connectivity index (χ2n) is 9.49. The first-order chi connectivity index (χ1) is 16.3. The van der Waals surface area contributed by atoms with Crippen LogP contribution >= 0.6 is 0 Å². The highest BCUT2D eigenvalue weighted by atomic mass is 16.5. The van der Waals surface area contributed by atoms with Gasteiger partial charge in [-0.3, -0.25) is 9.36 Å². The summed E-state index contributed by atoms with van der Waals surface area (Å²) in [5, 5.41) is 9.92. The van der Waals surface area contributed by atoms with Crippen LogP contribution < -0.4 is 10.5 Å². The van der Waals surface area contributed by atoms with Gasteiger partial charge in [-0.1, -0.05) is 37.6 Å². The van der Waals surface area contributed by atoms with E-state index in [0.29, 0.717) is 11.6 Å². The van der Waals surface area contributed by atoms with Gasteiger partial charge in [0, 0.05) is 60.2 Å². The van der Waals surface area contributed by atoms with E-state index in [-0.39, 0.29) is 12.0 Å². The molecule has 0 radical (unpaired) electrons. The smallest absolute Gasteiger partial charge is 0.166 e. The van der Waals surface area contributed by atoms with Crippen LogP contribution in [0.5, 0.6) is 5.75 Å². The molecule has 3 aromatic heterocycles. The van der Waals surface area contributed by atoms with Gasteiger partial charge in [0.2, 0.25) is 0 Å². The lowest BCUT2D eigenvalue weighted by Crippen LogP contribution is -2.10. The number of ether oxygens (including phenoxy) is 1. The van der Waals surface area contributed by atoms with Crippen LogP contribution in [0.15, 0.2) is 36.7 Å². The van der Waals surface area contributed by atoms with Gasteiger partial charge < -0.3 is 10.5 Å². The SMILES string of the molecule is CCn1nc(C(C)C)c2c1-c1cnc(N)c(c1)O[C@H](C)c1cc(C)ccc1-c1nn(C)cc1C2. The van der Waals surface area contributed by atoms with Gasteiger partial charge in [0.1, 0.15) is 6.10 Å². The molecule has 5 rings (SSSR count). The van der Waals surface area contributed by atoms with Crippen LogP contribution in [0.3, 0.4) is 0 Å². The average molecular weight is 457 g/mol. The number of nitrogens with two attached hydrogens (primary N) is 1. The van der Waals surface area contributed by atoms with Gasteiger partial charge in [0.05, 0.1) is 17.1 Å². The normalized spacial score (nSPS) is 15.1. The van der Waals surface area contributed by atoms with E-state index in [9.17, 15) is 0 Å². The number of rotatable bonds is 2. The molecule has 34 heavy (non-hydrogen) atoms. The van der Waals surface area contributed by atoms with Crippen molar-refractivity contribution in [3.05, 3.63) is 64.6 Å². The van der Waals surface area contributed by atoms with Crippen molar-refractivity contribution in [2.75, 3.05) is 5.73 Å². The summed E-state index contributed by atoms with van der Waals surface area (Å²) < 4.78 is 10.4. The second kappa shape index (κ2) is 8.31. The molecule has 0 amide bonds. The molecule has 1 aliphatic rings. The first kappa shape index (κ1) is 22.2. The van der Waals surface area contributed by atoms with Gasteiger partial charge in [-0.25, -0.2) is 4.98 Å². The molecule has 4 aromatic rings. The quantitative estimate of drug-likeness (QED) is 0.435. The fourth-order valence-electron chi connectivity index (χ4n) is 4.96. The van der Waals surface area contributed by atoms with Gasteiger partial charge in [0.15, 0.2) is 11.6 Å². The van der Waals surface area contributed by atoms with Crippen molar-refractivity contribution in [2.24, 2.45) is 7.05 Å². The summed E-state index contributed by atoms with van der Waals surface area (Å²) in [7, 11) is 1.98. The van der Waals surface area contributed by atoms with E-state index < -0.39 is 0 Å². The van der Waals surface area contributed by atoms with Gasteiger partial charge in [-0.05, 0) is 32.8 Å². The maximum absolute atomic E-state index is 6.45. The number of benzene rings is 1. The highest BCUT2D eigenvalue weighted by Crippen LogP contribution is 2.40. The molecule has 176 valence electrons. The third-order valence-corrected chi connectivity index (χ3v) is 6.56. The zero-order valence-corrected chi connectivity index (χ0v) is 20.8. The van der Waals surface area contributed by atoms with Crippen molar-refractivity contribution < 1.29 is 4.74 Å². The first-order valence-corrected chi connectivity index (χ1v) is 11.9. The molecule has 4 heterocycles. The number of aromatic nitrogens is 5. The molecule has 1 aromatic carbocycles. The lowest BCUT2D eigenvalue weighted by Gasteiger charge is -2.21. The first-order valence-electron chi connectivity index (χ1n) is 11.9. The Morgan fingerprint density at radius 1 is 1.21 bits per heavy atom. The Bertz CT molecular complexity index is 1380. The molecule has 7 nitrogen and oxygen atoms in total. The maximum Gasteiger partial charge on any atom is 0.166 e. The molecular weight excluding hydrogens is 424 g/mol. The monoisotopic (exact) mass is 456 g/mol. The predicted molar refractivity (Wildman–Crippen MR) is 135 cm³/mol. The van der Waals surface area contributed by atoms with Crippen LogP contribution in [0.25, 0.3) is 22.5 Å². The molecule has 0 spiro atoms. The standard InChI is InChI=1S/C27H32N6O/c1-7-33-26-18-12-23(27(28)29-13-18)34-17(5)21-10-16(4)8-9-20(21)25-19(14-32(6)30-25)11-22(26)24(31-33)15(2)3/h8-10,12-15,17H,7,11H2,1-6H3,(H2,28,29)/t17-/m1/s1. The van der Waals surface area contributed by atoms with Crippen LogP contribution in [0, 0.1) is 6.92 Å². The fraction of sp³-hybridized carbons (Fsp3) is 0.370. The lowest BCUT2D eigenvalue weighted by atomic mass is 9.91. The van der Waals surface area contributed by atoms with E-state index in [2.05, 4.69) is 68.7 Å². The number of hydrogen-bond acceptors (Lipinski definition) is 5. The van der Waals surface area contributed by atoms with Crippen LogP contribution in [0.2, 0.25) is 0 Å². The Balaban J connectivity index is 1.85. The number of nitrogen functional groups attached to an aromatic ring is 1. The van der Waals surface area contributed by atoms with Crippen LogP contribution in [-0.2, 0) is 20.0 Å². The van der Waals surface area contributed by atoms with Gasteiger partial charge in [-0.15, -0.1) is 0 Å². The average Bonchev–Trinajstić information content (AvgIpc) is 3.35. The van der Waals surface area contributed by atoms with Gasteiger partial charge in [0.25, 0.3) is 0 Å². The Kier molecular flexibility index (Phi) is 5.42. The minimum absolute atomic E-state index is 0.231. The lowest BCUT2D eigenvalue weighted by molar-refractivity contribution is 0.228. The predicted octanol–water partition coefficient (Wildman–Crippen LogP) is 5.42. The third-order valence-electron chi connectivity index (χ3n) is 6.56. The number of aryl methyl sites for hydroxylation is 3. The summed E-state index contributed by atoms with van der Waals surface area (Å²) in [6.07, 6.45) is 4.46. The Morgan fingerprint density at radius 2 is 2.00 bits per heavy atom. The van der Waals surface area contributed by atoms with Crippen LogP contribution in [0.4, 0.5) is 5.82 Å². The number of hydrogen-bond donors (Lipinski definition) is 1. The highest BCUT2D eigenvalue weighted by Gasteiger charge is 2.27. The molecule has 2 bridgehead atoms. The summed E-state index contributed by atoms with van der Waals surface area (Å²) in [5.41, 5.74) is 16.1. The molecular formula is C27H32N6O. The van der Waals surface area contributed by atoms with Crippen molar-refractivity contribution >= 4 is 5.82 Å². The van der Waals surface area contributed by atoms with E-state index in [0.717, 1.165) is 46.7 Å². The van der Waals surface area contributed by atoms with Gasteiger partial charge in [-0.2, -0.15) is 10.2 Å². The number of pyridine rings is 1. The number of nitrogens with zero attached hydrogens (tertiary/aromatic N) is 5.